The van der Waals surface area contributed by atoms with Gasteiger partial charge >= 0.3 is 0 Å². The van der Waals surface area contributed by atoms with Crippen LogP contribution in [0.3, 0.4) is 0 Å². The topological polar surface area (TPSA) is 51.0 Å². The molecule has 0 saturated heterocycles. The van der Waals surface area contributed by atoms with Crippen LogP contribution in [0.2, 0.25) is 0 Å². The van der Waals surface area contributed by atoms with Crippen LogP contribution >= 0.6 is 11.3 Å². The highest BCUT2D eigenvalue weighted by molar-refractivity contribution is 7.18. The number of aryl methyl sites for hydroxylation is 3. The smallest absolute Gasteiger partial charge is 0.138 e. The zero-order valence-electron chi connectivity index (χ0n) is 11.9. The summed E-state index contributed by atoms with van der Waals surface area (Å²) < 4.78 is 5.34. The summed E-state index contributed by atoms with van der Waals surface area (Å²) in [5.41, 5.74) is 1.27. The van der Waals surface area contributed by atoms with Gasteiger partial charge in [0.2, 0.25) is 0 Å². The predicted octanol–water partition coefficient (Wildman–Crippen LogP) is 3.86. The third kappa shape index (κ3) is 2.41. The third-order valence-electron chi connectivity index (χ3n) is 3.38. The Balaban J connectivity index is 1.86. The van der Waals surface area contributed by atoms with Gasteiger partial charge in [-0.2, -0.15) is 0 Å². The summed E-state index contributed by atoms with van der Waals surface area (Å²) in [5, 5.41) is 4.57. The van der Waals surface area contributed by atoms with Crippen LogP contribution in [0.1, 0.15) is 22.0 Å². The SMILES string of the molecule is Cc1nc(NCCc2ccco2)c2c(C)c(C)sc2n1. The van der Waals surface area contributed by atoms with Crippen molar-refractivity contribution in [3.8, 4) is 0 Å². The van der Waals surface area contributed by atoms with Crippen molar-refractivity contribution in [1.29, 1.82) is 0 Å². The molecule has 0 radical (unpaired) electrons. The second kappa shape index (κ2) is 5.25. The minimum absolute atomic E-state index is 0.799. The zero-order chi connectivity index (χ0) is 14.1. The maximum atomic E-state index is 5.34. The van der Waals surface area contributed by atoms with Crippen LogP contribution in [0.5, 0.6) is 0 Å². The lowest BCUT2D eigenvalue weighted by atomic mass is 10.2. The number of hydrogen-bond acceptors (Lipinski definition) is 5. The highest BCUT2D eigenvalue weighted by Gasteiger charge is 2.13. The molecule has 0 fully saturated rings. The molecule has 0 atom stereocenters. The fourth-order valence-electron chi connectivity index (χ4n) is 2.24. The second-order valence-corrected chi connectivity index (χ2v) is 6.04. The molecule has 0 aliphatic rings. The van der Waals surface area contributed by atoms with Gasteiger partial charge in [-0.3, -0.25) is 0 Å². The fourth-order valence-corrected chi connectivity index (χ4v) is 3.32. The molecule has 0 unspecified atom stereocenters. The lowest BCUT2D eigenvalue weighted by Crippen LogP contribution is -2.07. The molecule has 0 aliphatic heterocycles. The first-order valence-electron chi connectivity index (χ1n) is 6.65. The Morgan fingerprint density at radius 2 is 2.10 bits per heavy atom. The molecule has 0 bridgehead atoms. The van der Waals surface area contributed by atoms with E-state index in [-0.39, 0.29) is 0 Å². The molecular formula is C15H17N3OS. The predicted molar refractivity (Wildman–Crippen MR) is 82.5 cm³/mol. The summed E-state index contributed by atoms with van der Waals surface area (Å²) in [7, 11) is 0. The Hall–Kier alpha value is -1.88. The van der Waals surface area contributed by atoms with Crippen LogP contribution in [0.15, 0.2) is 22.8 Å². The third-order valence-corrected chi connectivity index (χ3v) is 4.49. The molecular weight excluding hydrogens is 270 g/mol. The number of thiophene rings is 1. The Labute approximate surface area is 121 Å². The van der Waals surface area contributed by atoms with Crippen LogP contribution in [0.25, 0.3) is 10.2 Å². The first kappa shape index (κ1) is 13.1. The summed E-state index contributed by atoms with van der Waals surface area (Å²) in [4.78, 5) is 11.4. The van der Waals surface area contributed by atoms with E-state index in [0.29, 0.717) is 0 Å². The summed E-state index contributed by atoms with van der Waals surface area (Å²) in [5.74, 6) is 2.72. The van der Waals surface area contributed by atoms with Gasteiger partial charge in [0.05, 0.1) is 11.6 Å². The lowest BCUT2D eigenvalue weighted by molar-refractivity contribution is 0.513. The van der Waals surface area contributed by atoms with Crippen molar-refractivity contribution < 1.29 is 4.42 Å². The summed E-state index contributed by atoms with van der Waals surface area (Å²) in [6.07, 6.45) is 2.55. The minimum atomic E-state index is 0.799. The Morgan fingerprint density at radius 3 is 2.85 bits per heavy atom. The quantitative estimate of drug-likeness (QED) is 0.791. The lowest BCUT2D eigenvalue weighted by Gasteiger charge is -2.07. The van der Waals surface area contributed by atoms with Crippen molar-refractivity contribution in [2.45, 2.75) is 27.2 Å². The van der Waals surface area contributed by atoms with Crippen molar-refractivity contribution in [1.82, 2.24) is 9.97 Å². The Morgan fingerprint density at radius 1 is 1.25 bits per heavy atom. The molecule has 104 valence electrons. The fraction of sp³-hybridized carbons (Fsp3) is 0.333. The van der Waals surface area contributed by atoms with E-state index in [0.717, 1.165) is 40.6 Å². The number of nitrogens with zero attached hydrogens (tertiary/aromatic N) is 2. The van der Waals surface area contributed by atoms with Gasteiger partial charge in [-0.1, -0.05) is 0 Å². The van der Waals surface area contributed by atoms with Crippen LogP contribution in [-0.2, 0) is 6.42 Å². The molecule has 0 aliphatic carbocycles. The largest absolute Gasteiger partial charge is 0.469 e. The van der Waals surface area contributed by atoms with Crippen molar-refractivity contribution in [3.05, 3.63) is 40.4 Å². The number of hydrogen-bond donors (Lipinski definition) is 1. The van der Waals surface area contributed by atoms with E-state index in [2.05, 4.69) is 29.1 Å². The van der Waals surface area contributed by atoms with Gasteiger partial charge in [0.25, 0.3) is 0 Å². The van der Waals surface area contributed by atoms with Gasteiger partial charge in [0, 0.05) is 17.8 Å². The number of aromatic nitrogens is 2. The number of fused-ring (bicyclic) bond motifs is 1. The van der Waals surface area contributed by atoms with Gasteiger partial charge in [-0.25, -0.2) is 9.97 Å². The molecule has 3 heterocycles. The number of rotatable bonds is 4. The van der Waals surface area contributed by atoms with Crippen LogP contribution in [0.4, 0.5) is 5.82 Å². The average Bonchev–Trinajstić information content (AvgIpc) is 2.99. The molecule has 0 saturated carbocycles. The highest BCUT2D eigenvalue weighted by Crippen LogP contribution is 2.33. The molecule has 0 aromatic carbocycles. The average molecular weight is 287 g/mol. The minimum Gasteiger partial charge on any atom is -0.469 e. The van der Waals surface area contributed by atoms with Gasteiger partial charge < -0.3 is 9.73 Å². The number of furan rings is 1. The van der Waals surface area contributed by atoms with E-state index in [1.807, 2.05) is 19.1 Å². The summed E-state index contributed by atoms with van der Waals surface area (Å²) >= 11 is 1.73. The van der Waals surface area contributed by atoms with Gasteiger partial charge in [0.1, 0.15) is 22.2 Å². The number of anilines is 1. The molecule has 0 spiro atoms. The van der Waals surface area contributed by atoms with Gasteiger partial charge in [-0.15, -0.1) is 11.3 Å². The maximum Gasteiger partial charge on any atom is 0.138 e. The molecule has 0 amide bonds. The molecule has 1 N–H and O–H groups in total. The molecule has 3 rings (SSSR count). The Bertz CT molecular complexity index is 731. The summed E-state index contributed by atoms with van der Waals surface area (Å²) in [6.45, 7) is 6.99. The van der Waals surface area contributed by atoms with Crippen LogP contribution in [0, 0.1) is 20.8 Å². The normalized spacial score (nSPS) is 11.2. The van der Waals surface area contributed by atoms with Crippen molar-refractivity contribution in [2.24, 2.45) is 0 Å². The van der Waals surface area contributed by atoms with Crippen molar-refractivity contribution >= 4 is 27.4 Å². The first-order chi connectivity index (χ1) is 9.65. The van der Waals surface area contributed by atoms with E-state index >= 15 is 0 Å². The molecule has 3 aromatic rings. The zero-order valence-corrected chi connectivity index (χ0v) is 12.7. The van der Waals surface area contributed by atoms with E-state index in [4.69, 9.17) is 4.42 Å². The van der Waals surface area contributed by atoms with E-state index in [1.54, 1.807) is 17.6 Å². The van der Waals surface area contributed by atoms with E-state index in [9.17, 15) is 0 Å². The monoisotopic (exact) mass is 287 g/mol. The van der Waals surface area contributed by atoms with Crippen molar-refractivity contribution in [2.75, 3.05) is 11.9 Å². The molecule has 20 heavy (non-hydrogen) atoms. The standard InChI is InChI=1S/C15H17N3OS/c1-9-10(2)20-15-13(9)14(17-11(3)18-15)16-7-6-12-5-4-8-19-12/h4-5,8H,6-7H2,1-3H3,(H,16,17,18). The van der Waals surface area contributed by atoms with Crippen molar-refractivity contribution in [3.63, 3.8) is 0 Å². The first-order valence-corrected chi connectivity index (χ1v) is 7.47. The van der Waals surface area contributed by atoms with Gasteiger partial charge in [0.15, 0.2) is 0 Å². The molecule has 5 heteroatoms. The highest BCUT2D eigenvalue weighted by atomic mass is 32.1. The van der Waals surface area contributed by atoms with Gasteiger partial charge in [-0.05, 0) is 38.5 Å². The molecule has 3 aromatic heterocycles. The van der Waals surface area contributed by atoms with Crippen LogP contribution in [-0.4, -0.2) is 16.5 Å². The Kier molecular flexibility index (Phi) is 3.44. The second-order valence-electron chi connectivity index (χ2n) is 4.84. The van der Waals surface area contributed by atoms with E-state index < -0.39 is 0 Å². The number of nitrogens with one attached hydrogen (secondary N) is 1. The maximum absolute atomic E-state index is 5.34. The molecule has 4 nitrogen and oxygen atoms in total. The van der Waals surface area contributed by atoms with E-state index in [1.165, 1.54) is 10.4 Å². The summed E-state index contributed by atoms with van der Waals surface area (Å²) in [6, 6.07) is 3.90. The van der Waals surface area contributed by atoms with Crippen LogP contribution < -0.4 is 5.32 Å².